The van der Waals surface area contributed by atoms with Crippen LogP contribution in [0.1, 0.15) is 32.6 Å². The normalized spacial score (nSPS) is 13.3. The molecule has 0 aliphatic carbocycles. The second-order valence-corrected chi connectivity index (χ2v) is 9.06. The van der Waals surface area contributed by atoms with Gasteiger partial charge >= 0.3 is 6.03 Å². The van der Waals surface area contributed by atoms with Crippen LogP contribution >= 0.6 is 11.6 Å². The highest BCUT2D eigenvalue weighted by Gasteiger charge is 2.30. The number of urea groups is 1. The Morgan fingerprint density at radius 2 is 1.92 bits per heavy atom. The maximum absolute atomic E-state index is 14.5. The molecule has 1 aliphatic rings. The summed E-state index contributed by atoms with van der Waals surface area (Å²) in [5.74, 6) is -0.796. The zero-order chi connectivity index (χ0) is 26.5. The lowest BCUT2D eigenvalue weighted by molar-refractivity contribution is 0.0950. The molecule has 37 heavy (non-hydrogen) atoms. The monoisotopic (exact) mass is 519 g/mol. The second kappa shape index (κ2) is 11.3. The molecule has 1 aliphatic heterocycles. The van der Waals surface area contributed by atoms with Gasteiger partial charge in [-0.25, -0.2) is 9.18 Å². The average molecular weight is 520 g/mol. The minimum atomic E-state index is -0.497. The van der Waals surface area contributed by atoms with Crippen LogP contribution in [0.4, 0.5) is 14.9 Å². The van der Waals surface area contributed by atoms with Crippen LogP contribution in [0.2, 0.25) is 5.02 Å². The summed E-state index contributed by atoms with van der Waals surface area (Å²) in [6, 6.07) is 16.9. The molecule has 0 bridgehead atoms. The van der Waals surface area contributed by atoms with Crippen LogP contribution in [0.5, 0.6) is 0 Å². The van der Waals surface area contributed by atoms with Gasteiger partial charge in [0.15, 0.2) is 0 Å². The van der Waals surface area contributed by atoms with Crippen LogP contribution in [0.15, 0.2) is 66.7 Å². The van der Waals surface area contributed by atoms with Crippen molar-refractivity contribution in [2.24, 2.45) is 0 Å². The Hall–Kier alpha value is -4.17. The quantitative estimate of drug-likeness (QED) is 0.358. The van der Waals surface area contributed by atoms with E-state index in [1.165, 1.54) is 28.1 Å². The number of rotatable bonds is 8. The first-order valence-corrected chi connectivity index (χ1v) is 12.0. The molecule has 7 nitrogen and oxygen atoms in total. The number of carbonyl (C=O) groups is 2. The minimum absolute atomic E-state index is 0.0589. The first kappa shape index (κ1) is 25.9. The largest absolute Gasteiger partial charge is 0.388 e. The van der Waals surface area contributed by atoms with Gasteiger partial charge in [-0.15, -0.1) is 0 Å². The molecule has 0 fully saturated rings. The van der Waals surface area contributed by atoms with E-state index < -0.39 is 5.82 Å². The van der Waals surface area contributed by atoms with Gasteiger partial charge in [0, 0.05) is 55.2 Å². The predicted octanol–water partition coefficient (Wildman–Crippen LogP) is 5.19. The molecule has 3 aromatic rings. The summed E-state index contributed by atoms with van der Waals surface area (Å²) in [5, 5.41) is 13.5. The number of fused-ring (bicyclic) bond motifs is 1. The molecule has 0 aromatic heterocycles. The standard InChI is InChI=1S/C28H27ClFN5O2/c1-32-25(11-12-31)19-6-3-5-18(13-19)15-33-27(36)20-9-10-21-16-34(2)28(37)35(26(21)14-20)17-22-23(29)7-4-8-24(22)30/h3-14,31-32H,15-17H2,1-2H3,(H,33,36)/b25-11-,31-12?. The molecule has 190 valence electrons. The van der Waals surface area contributed by atoms with Crippen molar-refractivity contribution >= 4 is 41.1 Å². The van der Waals surface area contributed by atoms with Crippen molar-refractivity contribution in [3.63, 3.8) is 0 Å². The fraction of sp³-hybridized carbons (Fsp3) is 0.179. The van der Waals surface area contributed by atoms with Crippen molar-refractivity contribution in [3.05, 3.63) is 105 Å². The predicted molar refractivity (Wildman–Crippen MR) is 144 cm³/mol. The Morgan fingerprint density at radius 1 is 1.14 bits per heavy atom. The molecule has 0 saturated heterocycles. The van der Waals surface area contributed by atoms with Gasteiger partial charge in [0.25, 0.3) is 5.91 Å². The van der Waals surface area contributed by atoms with Crippen molar-refractivity contribution in [1.29, 1.82) is 5.41 Å². The third-order valence-corrected chi connectivity index (χ3v) is 6.55. The molecule has 3 N–H and O–H groups in total. The molecule has 1 heterocycles. The molecule has 4 rings (SSSR count). The van der Waals surface area contributed by atoms with Crippen molar-refractivity contribution in [3.8, 4) is 0 Å². The Bertz CT molecular complexity index is 1370. The average Bonchev–Trinajstić information content (AvgIpc) is 2.90. The van der Waals surface area contributed by atoms with E-state index in [1.54, 1.807) is 38.4 Å². The number of hydrogen-bond acceptors (Lipinski definition) is 4. The summed E-state index contributed by atoms with van der Waals surface area (Å²) in [6.07, 6.45) is 2.87. The summed E-state index contributed by atoms with van der Waals surface area (Å²) in [7, 11) is 3.46. The maximum Gasteiger partial charge on any atom is 0.324 e. The third kappa shape index (κ3) is 5.65. The van der Waals surface area contributed by atoms with E-state index in [1.807, 2.05) is 30.3 Å². The summed E-state index contributed by atoms with van der Waals surface area (Å²) in [4.78, 5) is 29.0. The SMILES string of the molecule is CN/C(=C\C=N)c1cccc(CNC(=O)c2ccc3c(c2)N(Cc2c(F)cccc2Cl)C(=O)N(C)C3)c1. The number of allylic oxidation sites excluding steroid dienone is 1. The molecule has 9 heteroatoms. The molecular weight excluding hydrogens is 493 g/mol. The fourth-order valence-electron chi connectivity index (χ4n) is 4.26. The Labute approximate surface area is 220 Å². The number of nitrogens with one attached hydrogen (secondary N) is 3. The van der Waals surface area contributed by atoms with Gasteiger partial charge in [-0.3, -0.25) is 9.69 Å². The van der Waals surface area contributed by atoms with Crippen LogP contribution in [0.25, 0.3) is 5.70 Å². The number of halogens is 2. The molecule has 0 atom stereocenters. The van der Waals surface area contributed by atoms with Crippen LogP contribution in [0, 0.1) is 11.2 Å². The topological polar surface area (TPSA) is 88.5 Å². The Kier molecular flexibility index (Phi) is 7.89. The number of hydrogen-bond donors (Lipinski definition) is 3. The van der Waals surface area contributed by atoms with E-state index in [0.717, 1.165) is 22.4 Å². The van der Waals surface area contributed by atoms with Crippen LogP contribution in [-0.2, 0) is 19.6 Å². The molecule has 0 radical (unpaired) electrons. The maximum atomic E-state index is 14.5. The lowest BCUT2D eigenvalue weighted by Crippen LogP contribution is -2.45. The first-order chi connectivity index (χ1) is 17.8. The van der Waals surface area contributed by atoms with E-state index in [-0.39, 0.29) is 29.1 Å². The van der Waals surface area contributed by atoms with Crippen LogP contribution in [-0.4, -0.2) is 37.1 Å². The van der Waals surface area contributed by atoms with E-state index in [0.29, 0.717) is 24.3 Å². The summed E-state index contributed by atoms with van der Waals surface area (Å²) >= 11 is 6.22. The van der Waals surface area contributed by atoms with Crippen molar-refractivity contribution in [1.82, 2.24) is 15.5 Å². The van der Waals surface area contributed by atoms with E-state index in [9.17, 15) is 14.0 Å². The molecule has 3 amide bonds. The highest BCUT2D eigenvalue weighted by Crippen LogP contribution is 2.32. The molecule has 0 unspecified atom stereocenters. The number of amides is 3. The number of anilines is 1. The van der Waals surface area contributed by atoms with Crippen molar-refractivity contribution in [2.45, 2.75) is 19.6 Å². The number of nitrogens with zero attached hydrogens (tertiary/aromatic N) is 2. The highest BCUT2D eigenvalue weighted by atomic mass is 35.5. The van der Waals surface area contributed by atoms with Crippen molar-refractivity contribution < 1.29 is 14.0 Å². The number of carbonyl (C=O) groups excluding carboxylic acids is 2. The van der Waals surface area contributed by atoms with Crippen molar-refractivity contribution in [2.75, 3.05) is 19.0 Å². The minimum Gasteiger partial charge on any atom is -0.388 e. The molecular formula is C28H27ClFN5O2. The summed E-state index contributed by atoms with van der Waals surface area (Å²) in [6.45, 7) is 0.611. The fourth-order valence-corrected chi connectivity index (χ4v) is 4.48. The van der Waals surface area contributed by atoms with Crippen LogP contribution in [0.3, 0.4) is 0 Å². The van der Waals surface area contributed by atoms with Gasteiger partial charge in [-0.05, 0) is 53.1 Å². The van der Waals surface area contributed by atoms with E-state index in [2.05, 4.69) is 10.6 Å². The molecule has 3 aromatic carbocycles. The summed E-state index contributed by atoms with van der Waals surface area (Å²) < 4.78 is 14.5. The van der Waals surface area contributed by atoms with Gasteiger partial charge in [0.05, 0.1) is 12.2 Å². The van der Waals surface area contributed by atoms with Gasteiger partial charge in [0.1, 0.15) is 5.82 Å². The second-order valence-electron chi connectivity index (χ2n) is 8.65. The molecule has 0 spiro atoms. The third-order valence-electron chi connectivity index (χ3n) is 6.19. The van der Waals surface area contributed by atoms with Gasteiger partial charge in [-0.2, -0.15) is 0 Å². The zero-order valence-corrected chi connectivity index (χ0v) is 21.3. The lowest BCUT2D eigenvalue weighted by Gasteiger charge is -2.35. The van der Waals surface area contributed by atoms with Gasteiger partial charge in [0.2, 0.25) is 0 Å². The smallest absolute Gasteiger partial charge is 0.324 e. The first-order valence-electron chi connectivity index (χ1n) is 11.7. The van der Waals surface area contributed by atoms with E-state index >= 15 is 0 Å². The Morgan fingerprint density at radius 3 is 2.65 bits per heavy atom. The Balaban J connectivity index is 1.56. The highest BCUT2D eigenvalue weighted by molar-refractivity contribution is 6.31. The van der Waals surface area contributed by atoms with Gasteiger partial charge < -0.3 is 20.9 Å². The molecule has 0 saturated carbocycles. The summed E-state index contributed by atoms with van der Waals surface area (Å²) in [5.41, 5.74) is 4.58. The van der Waals surface area contributed by atoms with E-state index in [4.69, 9.17) is 17.0 Å². The zero-order valence-electron chi connectivity index (χ0n) is 20.5. The number of benzene rings is 3. The lowest BCUT2D eigenvalue weighted by atomic mass is 10.0. The van der Waals surface area contributed by atoms with Crippen LogP contribution < -0.4 is 15.5 Å². The van der Waals surface area contributed by atoms with Gasteiger partial charge in [-0.1, -0.05) is 41.9 Å².